The number of amides is 1. The van der Waals surface area contributed by atoms with E-state index in [4.69, 9.17) is 16.7 Å². The van der Waals surface area contributed by atoms with Gasteiger partial charge in [-0.3, -0.25) is 4.79 Å². The number of hydrogen-bond acceptors (Lipinski definition) is 5. The molecule has 27 heavy (non-hydrogen) atoms. The summed E-state index contributed by atoms with van der Waals surface area (Å²) in [6.45, 7) is 1.77. The van der Waals surface area contributed by atoms with Gasteiger partial charge >= 0.3 is 0 Å². The van der Waals surface area contributed by atoms with E-state index in [-0.39, 0.29) is 11.7 Å². The maximum atomic E-state index is 11.9. The van der Waals surface area contributed by atoms with E-state index in [0.29, 0.717) is 16.7 Å². The first-order valence-corrected chi connectivity index (χ1v) is 9.57. The fourth-order valence-electron chi connectivity index (χ4n) is 2.20. The molecule has 0 bridgehead atoms. The molecule has 0 spiro atoms. The summed E-state index contributed by atoms with van der Waals surface area (Å²) in [5.41, 5.74) is 1.80. The number of nitrogens with one attached hydrogen (secondary N) is 3. The first-order valence-electron chi connectivity index (χ1n) is 8.17. The molecule has 138 valence electrons. The second kappa shape index (κ2) is 9.20. The lowest BCUT2D eigenvalue weighted by Crippen LogP contribution is -2.18. The van der Waals surface area contributed by atoms with Crippen LogP contribution < -0.4 is 16.0 Å². The van der Waals surface area contributed by atoms with E-state index in [1.165, 1.54) is 11.8 Å². The molecular weight excluding hydrogens is 380 g/mol. The maximum absolute atomic E-state index is 11.9. The van der Waals surface area contributed by atoms with Crippen LogP contribution in [0.25, 0.3) is 0 Å². The molecule has 0 radical (unpaired) electrons. The van der Waals surface area contributed by atoms with Crippen LogP contribution in [-0.2, 0) is 4.79 Å². The number of thiocarbonyl (C=S) groups is 1. The number of anilines is 3. The molecule has 0 aliphatic rings. The highest BCUT2D eigenvalue weighted by atomic mass is 32.2. The third-order valence-corrected chi connectivity index (χ3v) is 4.63. The van der Waals surface area contributed by atoms with Gasteiger partial charge in [0.05, 0.1) is 5.75 Å². The summed E-state index contributed by atoms with van der Waals surface area (Å²) in [6, 6.07) is 19.1. The second-order valence-electron chi connectivity index (χ2n) is 5.63. The summed E-state index contributed by atoms with van der Waals surface area (Å²) in [4.78, 5) is 12.9. The summed E-state index contributed by atoms with van der Waals surface area (Å²) < 4.78 is 4.92. The van der Waals surface area contributed by atoms with Crippen molar-refractivity contribution in [3.05, 3.63) is 66.4 Å². The van der Waals surface area contributed by atoms with Gasteiger partial charge in [0.2, 0.25) is 5.91 Å². The van der Waals surface area contributed by atoms with Gasteiger partial charge in [-0.25, -0.2) is 0 Å². The fourth-order valence-corrected chi connectivity index (χ4v) is 3.14. The molecule has 2 aromatic carbocycles. The highest BCUT2D eigenvalue weighted by Gasteiger charge is 2.07. The first kappa shape index (κ1) is 18.9. The van der Waals surface area contributed by atoms with E-state index in [0.717, 1.165) is 16.3 Å². The Morgan fingerprint density at radius 2 is 1.70 bits per heavy atom. The quantitative estimate of drug-likeness (QED) is 0.416. The summed E-state index contributed by atoms with van der Waals surface area (Å²) in [5.74, 6) is 1.23. The van der Waals surface area contributed by atoms with Crippen molar-refractivity contribution >= 4 is 52.2 Å². The lowest BCUT2D eigenvalue weighted by molar-refractivity contribution is -0.113. The SMILES string of the molecule is Cc1cc(NC(=O)CSc2ccc(NC(=S)Nc3ccccc3)cc2)no1. The largest absolute Gasteiger partial charge is 0.360 e. The zero-order chi connectivity index (χ0) is 19.1. The Morgan fingerprint density at radius 1 is 1.04 bits per heavy atom. The van der Waals surface area contributed by atoms with Gasteiger partial charge in [0.1, 0.15) is 5.76 Å². The minimum atomic E-state index is -0.135. The number of rotatable bonds is 6. The third-order valence-electron chi connectivity index (χ3n) is 3.41. The molecule has 0 fully saturated rings. The maximum Gasteiger partial charge on any atom is 0.235 e. The van der Waals surface area contributed by atoms with Crippen molar-refractivity contribution in [1.82, 2.24) is 5.16 Å². The van der Waals surface area contributed by atoms with E-state index >= 15 is 0 Å². The van der Waals surface area contributed by atoms with E-state index in [2.05, 4.69) is 21.1 Å². The van der Waals surface area contributed by atoms with Crippen LogP contribution >= 0.6 is 24.0 Å². The van der Waals surface area contributed by atoms with Crippen molar-refractivity contribution in [2.24, 2.45) is 0 Å². The summed E-state index contributed by atoms with van der Waals surface area (Å²) in [6.07, 6.45) is 0. The van der Waals surface area contributed by atoms with Crippen molar-refractivity contribution in [2.75, 3.05) is 21.7 Å². The Labute approximate surface area is 166 Å². The standard InChI is InChI=1S/C19H18N4O2S2/c1-13-11-17(23-25-13)22-18(24)12-27-16-9-7-15(8-10-16)21-19(26)20-14-5-3-2-4-6-14/h2-11H,12H2,1H3,(H2,20,21,26)(H,22,23,24). The summed E-state index contributed by atoms with van der Waals surface area (Å²) in [7, 11) is 0. The van der Waals surface area contributed by atoms with E-state index < -0.39 is 0 Å². The number of aromatic nitrogens is 1. The van der Waals surface area contributed by atoms with E-state index in [1.54, 1.807) is 13.0 Å². The van der Waals surface area contributed by atoms with Crippen LogP contribution in [0.3, 0.4) is 0 Å². The number of carbonyl (C=O) groups excluding carboxylic acids is 1. The fraction of sp³-hybridized carbons (Fsp3) is 0.105. The molecule has 1 amide bonds. The molecule has 0 aliphatic heterocycles. The smallest absolute Gasteiger partial charge is 0.235 e. The van der Waals surface area contributed by atoms with Gasteiger partial charge < -0.3 is 20.5 Å². The molecule has 0 atom stereocenters. The minimum absolute atomic E-state index is 0.135. The van der Waals surface area contributed by atoms with Gasteiger partial charge in [-0.05, 0) is 55.5 Å². The van der Waals surface area contributed by atoms with Crippen LogP contribution in [0.1, 0.15) is 5.76 Å². The topological polar surface area (TPSA) is 79.2 Å². The summed E-state index contributed by atoms with van der Waals surface area (Å²) >= 11 is 6.74. The van der Waals surface area contributed by atoms with Gasteiger partial charge in [-0.2, -0.15) is 0 Å². The van der Waals surface area contributed by atoms with Crippen molar-refractivity contribution in [3.8, 4) is 0 Å². The van der Waals surface area contributed by atoms with Crippen LogP contribution in [-0.4, -0.2) is 21.9 Å². The molecule has 3 rings (SSSR count). The molecule has 6 nitrogen and oxygen atoms in total. The number of nitrogens with zero attached hydrogens (tertiary/aromatic N) is 1. The van der Waals surface area contributed by atoms with Gasteiger partial charge in [0, 0.05) is 22.3 Å². The first-order chi connectivity index (χ1) is 13.1. The number of carbonyl (C=O) groups is 1. The Hall–Kier alpha value is -2.84. The number of thioether (sulfide) groups is 1. The van der Waals surface area contributed by atoms with E-state index in [9.17, 15) is 4.79 Å². The van der Waals surface area contributed by atoms with Crippen LogP contribution in [0.15, 0.2) is 70.1 Å². The highest BCUT2D eigenvalue weighted by molar-refractivity contribution is 8.00. The van der Waals surface area contributed by atoms with Gasteiger partial charge in [0.15, 0.2) is 10.9 Å². The molecule has 3 aromatic rings. The van der Waals surface area contributed by atoms with Crippen LogP contribution in [0.2, 0.25) is 0 Å². The van der Waals surface area contributed by atoms with E-state index in [1.807, 2.05) is 54.6 Å². The van der Waals surface area contributed by atoms with Crippen molar-refractivity contribution in [1.29, 1.82) is 0 Å². The summed E-state index contributed by atoms with van der Waals surface area (Å²) in [5, 5.41) is 13.2. The lowest BCUT2D eigenvalue weighted by atomic mass is 10.3. The normalized spacial score (nSPS) is 10.3. The third kappa shape index (κ3) is 6.12. The predicted molar refractivity (Wildman–Crippen MR) is 113 cm³/mol. The van der Waals surface area contributed by atoms with Gasteiger partial charge in [-0.1, -0.05) is 23.4 Å². The lowest BCUT2D eigenvalue weighted by Gasteiger charge is -2.11. The molecule has 0 unspecified atom stereocenters. The minimum Gasteiger partial charge on any atom is -0.360 e. The average Bonchev–Trinajstić information content (AvgIpc) is 3.06. The Bertz CT molecular complexity index is 911. The second-order valence-corrected chi connectivity index (χ2v) is 7.09. The van der Waals surface area contributed by atoms with Crippen molar-refractivity contribution < 1.29 is 9.32 Å². The zero-order valence-corrected chi connectivity index (χ0v) is 16.2. The van der Waals surface area contributed by atoms with Gasteiger partial charge in [-0.15, -0.1) is 11.8 Å². The molecule has 0 saturated carbocycles. The number of aryl methyl sites for hydroxylation is 1. The molecule has 0 saturated heterocycles. The molecule has 8 heteroatoms. The van der Waals surface area contributed by atoms with Gasteiger partial charge in [0.25, 0.3) is 0 Å². The number of hydrogen-bond donors (Lipinski definition) is 3. The molecule has 3 N–H and O–H groups in total. The van der Waals surface area contributed by atoms with Crippen molar-refractivity contribution in [3.63, 3.8) is 0 Å². The molecule has 1 heterocycles. The highest BCUT2D eigenvalue weighted by Crippen LogP contribution is 2.21. The number of para-hydroxylation sites is 1. The monoisotopic (exact) mass is 398 g/mol. The average molecular weight is 399 g/mol. The van der Waals surface area contributed by atoms with Crippen molar-refractivity contribution in [2.45, 2.75) is 11.8 Å². The zero-order valence-electron chi connectivity index (χ0n) is 14.6. The van der Waals surface area contributed by atoms with Crippen LogP contribution in [0.5, 0.6) is 0 Å². The predicted octanol–water partition coefficient (Wildman–Crippen LogP) is 4.52. The molecule has 1 aromatic heterocycles. The van der Waals surface area contributed by atoms with Crippen LogP contribution in [0, 0.1) is 6.92 Å². The Balaban J connectivity index is 1.45. The molecular formula is C19H18N4O2S2. The Kier molecular flexibility index (Phi) is 6.45. The molecule has 0 aliphatic carbocycles. The van der Waals surface area contributed by atoms with Crippen LogP contribution in [0.4, 0.5) is 17.2 Å². The number of benzene rings is 2. The Morgan fingerprint density at radius 3 is 2.33 bits per heavy atom.